The number of rotatable bonds is 3. The van der Waals surface area contributed by atoms with E-state index in [4.69, 9.17) is 16.7 Å². The number of carbonyl (C=O) groups is 1. The molecule has 0 aliphatic carbocycles. The highest BCUT2D eigenvalue weighted by Crippen LogP contribution is 2.39. The van der Waals surface area contributed by atoms with Crippen LogP contribution in [0.2, 0.25) is 5.02 Å². The molecule has 0 aliphatic rings. The molecule has 2 nitrogen and oxygen atoms in total. The number of hydrogen-bond acceptors (Lipinski definition) is 1. The summed E-state index contributed by atoms with van der Waals surface area (Å²) < 4.78 is 39.0. The normalized spacial score (nSPS) is 11.4. The minimum atomic E-state index is -4.49. The van der Waals surface area contributed by atoms with E-state index in [1.54, 1.807) is 0 Å². The Morgan fingerprint density at radius 1 is 1.10 bits per heavy atom. The highest BCUT2D eigenvalue weighted by atomic mass is 35.5. The molecule has 0 aromatic heterocycles. The Morgan fingerprint density at radius 2 is 1.76 bits per heavy atom. The molecule has 0 aliphatic heterocycles. The van der Waals surface area contributed by atoms with Crippen molar-refractivity contribution in [3.8, 4) is 11.1 Å². The second-order valence-corrected chi connectivity index (χ2v) is 4.84. The van der Waals surface area contributed by atoms with Crippen LogP contribution in [0.3, 0.4) is 0 Å². The number of carboxylic acids is 1. The number of hydrogen-bond donors (Lipinski definition) is 1. The fraction of sp³-hybridized carbons (Fsp3) is 0.133. The molecule has 0 heterocycles. The van der Waals surface area contributed by atoms with Crippen LogP contribution in [0.5, 0.6) is 0 Å². The lowest BCUT2D eigenvalue weighted by Gasteiger charge is -2.14. The third-order valence-electron chi connectivity index (χ3n) is 2.91. The van der Waals surface area contributed by atoms with E-state index in [9.17, 15) is 18.0 Å². The largest absolute Gasteiger partial charge is 0.481 e. The Kier molecular flexibility index (Phi) is 4.23. The fourth-order valence-corrected chi connectivity index (χ4v) is 2.33. The topological polar surface area (TPSA) is 37.3 Å². The van der Waals surface area contributed by atoms with E-state index < -0.39 is 17.7 Å². The number of aliphatic carboxylic acids is 1. The lowest BCUT2D eigenvalue weighted by molar-refractivity contribution is -0.137. The second kappa shape index (κ2) is 5.77. The average molecular weight is 315 g/mol. The molecule has 6 heteroatoms. The van der Waals surface area contributed by atoms with Crippen LogP contribution < -0.4 is 0 Å². The molecular weight excluding hydrogens is 305 g/mol. The Hall–Kier alpha value is -2.01. The zero-order chi connectivity index (χ0) is 15.6. The van der Waals surface area contributed by atoms with Crippen molar-refractivity contribution in [1.82, 2.24) is 0 Å². The van der Waals surface area contributed by atoms with Crippen LogP contribution in [-0.4, -0.2) is 11.1 Å². The van der Waals surface area contributed by atoms with E-state index in [1.807, 2.05) is 0 Å². The van der Waals surface area contributed by atoms with Crippen molar-refractivity contribution < 1.29 is 23.1 Å². The molecule has 0 bridgehead atoms. The molecule has 2 aromatic carbocycles. The number of benzene rings is 2. The van der Waals surface area contributed by atoms with Gasteiger partial charge in [0.1, 0.15) is 0 Å². The minimum Gasteiger partial charge on any atom is -0.481 e. The summed E-state index contributed by atoms with van der Waals surface area (Å²) in [7, 11) is 0. The molecule has 0 atom stereocenters. The molecule has 0 radical (unpaired) electrons. The van der Waals surface area contributed by atoms with Gasteiger partial charge in [-0.1, -0.05) is 41.9 Å². The van der Waals surface area contributed by atoms with Crippen molar-refractivity contribution >= 4 is 17.6 Å². The zero-order valence-corrected chi connectivity index (χ0v) is 11.4. The number of alkyl halides is 3. The van der Waals surface area contributed by atoms with Gasteiger partial charge in [-0.3, -0.25) is 4.79 Å². The summed E-state index contributed by atoms with van der Waals surface area (Å²) in [5.74, 6) is -1.03. The van der Waals surface area contributed by atoms with Gasteiger partial charge in [-0.25, -0.2) is 0 Å². The van der Waals surface area contributed by atoms with E-state index in [2.05, 4.69) is 0 Å². The first-order valence-electron chi connectivity index (χ1n) is 5.96. The third kappa shape index (κ3) is 3.55. The van der Waals surface area contributed by atoms with E-state index >= 15 is 0 Å². The fourth-order valence-electron chi connectivity index (χ4n) is 2.03. The first kappa shape index (κ1) is 15.4. The van der Waals surface area contributed by atoms with Gasteiger partial charge in [0.2, 0.25) is 0 Å². The molecule has 0 amide bonds. The molecule has 110 valence electrons. The number of halogens is 4. The van der Waals surface area contributed by atoms with Crippen LogP contribution in [-0.2, 0) is 17.4 Å². The van der Waals surface area contributed by atoms with Crippen molar-refractivity contribution in [3.63, 3.8) is 0 Å². The van der Waals surface area contributed by atoms with Crippen LogP contribution >= 0.6 is 11.6 Å². The van der Waals surface area contributed by atoms with Crippen molar-refractivity contribution in [2.45, 2.75) is 12.6 Å². The summed E-state index contributed by atoms with van der Waals surface area (Å²) >= 11 is 6.01. The molecule has 0 saturated carbocycles. The predicted octanol–water partition coefficient (Wildman–Crippen LogP) is 4.65. The van der Waals surface area contributed by atoms with Gasteiger partial charge in [-0.2, -0.15) is 13.2 Å². The molecule has 2 aromatic rings. The lowest BCUT2D eigenvalue weighted by Crippen LogP contribution is -2.07. The summed E-state index contributed by atoms with van der Waals surface area (Å²) in [5.41, 5.74) is -0.158. The molecule has 21 heavy (non-hydrogen) atoms. The quantitative estimate of drug-likeness (QED) is 0.895. The van der Waals surface area contributed by atoms with Crippen LogP contribution in [0.1, 0.15) is 11.1 Å². The maximum Gasteiger partial charge on any atom is 0.417 e. The van der Waals surface area contributed by atoms with Crippen LogP contribution in [0, 0.1) is 0 Å². The summed E-state index contributed by atoms with van der Waals surface area (Å²) in [4.78, 5) is 10.6. The maximum atomic E-state index is 13.0. The predicted molar refractivity (Wildman–Crippen MR) is 73.2 cm³/mol. The highest BCUT2D eigenvalue weighted by Gasteiger charge is 2.33. The van der Waals surface area contributed by atoms with Gasteiger partial charge in [0.05, 0.1) is 12.0 Å². The summed E-state index contributed by atoms with van der Waals surface area (Å²) in [5, 5.41) is 8.79. The Morgan fingerprint density at radius 3 is 2.33 bits per heavy atom. The Bertz CT molecular complexity index is 681. The van der Waals surface area contributed by atoms with Crippen LogP contribution in [0.4, 0.5) is 13.2 Å². The summed E-state index contributed by atoms with van der Waals surface area (Å²) in [6.45, 7) is 0. The van der Waals surface area contributed by atoms with Crippen molar-refractivity contribution in [2.24, 2.45) is 0 Å². The van der Waals surface area contributed by atoms with E-state index in [0.29, 0.717) is 5.56 Å². The van der Waals surface area contributed by atoms with E-state index in [-0.39, 0.29) is 22.6 Å². The third-order valence-corrected chi connectivity index (χ3v) is 3.22. The molecule has 0 unspecified atom stereocenters. The molecule has 0 spiro atoms. The first-order valence-corrected chi connectivity index (χ1v) is 6.33. The van der Waals surface area contributed by atoms with Gasteiger partial charge in [0.25, 0.3) is 0 Å². The molecule has 2 rings (SSSR count). The highest BCUT2D eigenvalue weighted by molar-refractivity contribution is 6.33. The summed E-state index contributed by atoms with van der Waals surface area (Å²) in [6, 6.07) is 9.36. The minimum absolute atomic E-state index is 0.0307. The lowest BCUT2D eigenvalue weighted by atomic mass is 9.97. The zero-order valence-electron chi connectivity index (χ0n) is 10.6. The van der Waals surface area contributed by atoms with Crippen molar-refractivity contribution in [1.29, 1.82) is 0 Å². The second-order valence-electron chi connectivity index (χ2n) is 4.43. The van der Waals surface area contributed by atoms with Crippen LogP contribution in [0.15, 0.2) is 42.5 Å². The standard InChI is InChI=1S/C15H10ClF3O2/c16-13-7-9(8-14(20)21)5-6-11(13)10-3-1-2-4-12(10)15(17,18)19/h1-7H,8H2,(H,20,21). The van der Waals surface area contributed by atoms with Gasteiger partial charge in [-0.05, 0) is 23.3 Å². The van der Waals surface area contributed by atoms with Gasteiger partial charge in [0, 0.05) is 10.6 Å². The Labute approximate surface area is 123 Å². The van der Waals surface area contributed by atoms with Crippen LogP contribution in [0.25, 0.3) is 11.1 Å². The van der Waals surface area contributed by atoms with Gasteiger partial charge >= 0.3 is 12.1 Å². The van der Waals surface area contributed by atoms with E-state index in [0.717, 1.165) is 6.07 Å². The first-order chi connectivity index (χ1) is 9.79. The van der Waals surface area contributed by atoms with Gasteiger partial charge in [0.15, 0.2) is 0 Å². The Balaban J connectivity index is 2.51. The monoisotopic (exact) mass is 314 g/mol. The van der Waals surface area contributed by atoms with Crippen molar-refractivity contribution in [3.05, 3.63) is 58.6 Å². The molecule has 0 fully saturated rings. The molecular formula is C15H10ClF3O2. The molecule has 1 N–H and O–H groups in total. The SMILES string of the molecule is O=C(O)Cc1ccc(-c2ccccc2C(F)(F)F)c(Cl)c1. The molecule has 0 saturated heterocycles. The van der Waals surface area contributed by atoms with E-state index in [1.165, 1.54) is 36.4 Å². The van der Waals surface area contributed by atoms with Crippen molar-refractivity contribution in [2.75, 3.05) is 0 Å². The van der Waals surface area contributed by atoms with Gasteiger partial charge < -0.3 is 5.11 Å². The number of carboxylic acid groups (broad SMARTS) is 1. The summed E-state index contributed by atoms with van der Waals surface area (Å²) in [6.07, 6.45) is -4.72. The smallest absolute Gasteiger partial charge is 0.417 e. The van der Waals surface area contributed by atoms with Gasteiger partial charge in [-0.15, -0.1) is 0 Å². The maximum absolute atomic E-state index is 13.0. The average Bonchev–Trinajstić information content (AvgIpc) is 2.37.